The number of hydrogen-bond donors (Lipinski definition) is 1. The first-order valence-corrected chi connectivity index (χ1v) is 7.39. The average Bonchev–Trinajstić information content (AvgIpc) is 2.27. The second-order valence-corrected chi connectivity index (χ2v) is 5.76. The van der Waals surface area contributed by atoms with E-state index >= 15 is 0 Å². The second-order valence-electron chi connectivity index (χ2n) is 4.03. The van der Waals surface area contributed by atoms with Gasteiger partial charge in [0.05, 0.1) is 19.0 Å². The van der Waals surface area contributed by atoms with Gasteiger partial charge in [-0.25, -0.2) is 13.6 Å². The van der Waals surface area contributed by atoms with Gasteiger partial charge in [0.1, 0.15) is 12.4 Å². The summed E-state index contributed by atoms with van der Waals surface area (Å²) in [7, 11) is -3.44. The summed E-state index contributed by atoms with van der Waals surface area (Å²) in [6.07, 6.45) is 0. The van der Waals surface area contributed by atoms with Gasteiger partial charge in [0.2, 0.25) is 10.0 Å². The summed E-state index contributed by atoms with van der Waals surface area (Å²) in [5, 5.41) is 4.84. The molecule has 0 bridgehead atoms. The Morgan fingerprint density at radius 1 is 1.17 bits per heavy atom. The van der Waals surface area contributed by atoms with Crippen molar-refractivity contribution in [2.45, 2.75) is 13.8 Å². The van der Waals surface area contributed by atoms with E-state index in [4.69, 9.17) is 14.6 Å². The fourth-order valence-corrected chi connectivity index (χ4v) is 1.72. The van der Waals surface area contributed by atoms with Crippen LogP contribution in [0.1, 0.15) is 11.1 Å². The minimum atomic E-state index is -3.44. The molecule has 0 saturated heterocycles. The van der Waals surface area contributed by atoms with Gasteiger partial charge in [-0.05, 0) is 31.0 Å². The van der Waals surface area contributed by atoms with Crippen LogP contribution in [0.2, 0.25) is 0 Å². The van der Waals surface area contributed by atoms with E-state index in [-0.39, 0.29) is 12.4 Å². The lowest BCUT2D eigenvalue weighted by Crippen LogP contribution is -2.21. The van der Waals surface area contributed by atoms with E-state index < -0.39 is 10.0 Å². The summed E-state index contributed by atoms with van der Waals surface area (Å²) in [6.45, 7) is 4.82. The Hall–Kier alpha value is -1.11. The van der Waals surface area contributed by atoms with Crippen LogP contribution in [0.5, 0.6) is 5.75 Å². The van der Waals surface area contributed by atoms with E-state index in [1.165, 1.54) is 5.56 Å². The van der Waals surface area contributed by atoms with Crippen molar-refractivity contribution in [1.29, 1.82) is 0 Å². The van der Waals surface area contributed by atoms with Gasteiger partial charge in [-0.1, -0.05) is 12.1 Å². The van der Waals surface area contributed by atoms with Crippen LogP contribution in [-0.2, 0) is 14.8 Å². The molecule has 0 spiro atoms. The van der Waals surface area contributed by atoms with Gasteiger partial charge in [0.25, 0.3) is 0 Å². The van der Waals surface area contributed by atoms with E-state index in [1.807, 2.05) is 32.0 Å². The average molecular weight is 273 g/mol. The highest BCUT2D eigenvalue weighted by molar-refractivity contribution is 7.89. The van der Waals surface area contributed by atoms with Gasteiger partial charge < -0.3 is 9.47 Å². The molecular formula is C12H19NO4S. The van der Waals surface area contributed by atoms with Crippen molar-refractivity contribution in [1.82, 2.24) is 0 Å². The Morgan fingerprint density at radius 2 is 1.89 bits per heavy atom. The lowest BCUT2D eigenvalue weighted by Gasteiger charge is -2.10. The SMILES string of the molecule is Cc1cccc(OCCOCCS(N)(=O)=O)c1C. The molecule has 1 rings (SSSR count). The van der Waals surface area contributed by atoms with E-state index in [0.717, 1.165) is 11.3 Å². The molecule has 0 saturated carbocycles. The van der Waals surface area contributed by atoms with Crippen LogP contribution in [0.15, 0.2) is 18.2 Å². The number of ether oxygens (including phenoxy) is 2. The highest BCUT2D eigenvalue weighted by Crippen LogP contribution is 2.20. The minimum absolute atomic E-state index is 0.0923. The van der Waals surface area contributed by atoms with Crippen LogP contribution in [0.3, 0.4) is 0 Å². The van der Waals surface area contributed by atoms with Crippen molar-refractivity contribution < 1.29 is 17.9 Å². The summed E-state index contributed by atoms with van der Waals surface area (Å²) in [4.78, 5) is 0. The van der Waals surface area contributed by atoms with Gasteiger partial charge >= 0.3 is 0 Å². The van der Waals surface area contributed by atoms with E-state index in [1.54, 1.807) is 0 Å². The van der Waals surface area contributed by atoms with Gasteiger partial charge in [-0.2, -0.15) is 0 Å². The van der Waals surface area contributed by atoms with Crippen LogP contribution in [0, 0.1) is 13.8 Å². The molecule has 0 amide bonds. The molecule has 6 heteroatoms. The molecule has 0 heterocycles. The predicted octanol–water partition coefficient (Wildman–Crippen LogP) is 0.987. The van der Waals surface area contributed by atoms with Crippen LogP contribution in [0.25, 0.3) is 0 Å². The number of benzene rings is 1. The number of sulfonamides is 1. The lowest BCUT2D eigenvalue weighted by atomic mass is 10.1. The molecule has 2 N–H and O–H groups in total. The van der Waals surface area contributed by atoms with Gasteiger partial charge in [-0.15, -0.1) is 0 Å². The van der Waals surface area contributed by atoms with Crippen molar-refractivity contribution in [3.05, 3.63) is 29.3 Å². The van der Waals surface area contributed by atoms with Crippen molar-refractivity contribution in [3.8, 4) is 5.75 Å². The number of rotatable bonds is 7. The summed E-state index contributed by atoms with van der Waals surface area (Å²) >= 11 is 0. The highest BCUT2D eigenvalue weighted by Gasteiger charge is 2.03. The Bertz CT molecular complexity index is 485. The maximum Gasteiger partial charge on any atom is 0.211 e. The first kappa shape index (κ1) is 14.9. The fraction of sp³-hybridized carbons (Fsp3) is 0.500. The quantitative estimate of drug-likeness (QED) is 0.751. The van der Waals surface area contributed by atoms with Crippen LogP contribution in [0.4, 0.5) is 0 Å². The van der Waals surface area contributed by atoms with Crippen molar-refractivity contribution in [3.63, 3.8) is 0 Å². The lowest BCUT2D eigenvalue weighted by molar-refractivity contribution is 0.111. The largest absolute Gasteiger partial charge is 0.491 e. The van der Waals surface area contributed by atoms with E-state index in [9.17, 15) is 8.42 Å². The van der Waals surface area contributed by atoms with E-state index in [0.29, 0.717) is 13.2 Å². The van der Waals surface area contributed by atoms with Crippen molar-refractivity contribution >= 4 is 10.0 Å². The zero-order valence-corrected chi connectivity index (χ0v) is 11.5. The van der Waals surface area contributed by atoms with Crippen molar-refractivity contribution in [2.24, 2.45) is 5.14 Å². The fourth-order valence-electron chi connectivity index (χ4n) is 1.37. The van der Waals surface area contributed by atoms with Gasteiger partial charge in [0, 0.05) is 0 Å². The molecule has 1 aromatic rings. The Morgan fingerprint density at radius 3 is 2.56 bits per heavy atom. The maximum atomic E-state index is 10.6. The molecule has 0 unspecified atom stereocenters. The molecular weight excluding hydrogens is 254 g/mol. The third-order valence-corrected chi connectivity index (χ3v) is 3.29. The van der Waals surface area contributed by atoms with Crippen molar-refractivity contribution in [2.75, 3.05) is 25.6 Å². The van der Waals surface area contributed by atoms with E-state index in [2.05, 4.69) is 0 Å². The second kappa shape index (κ2) is 6.72. The molecule has 5 nitrogen and oxygen atoms in total. The molecule has 0 fully saturated rings. The minimum Gasteiger partial charge on any atom is -0.491 e. The molecule has 1 aromatic carbocycles. The normalized spacial score (nSPS) is 11.5. The first-order chi connectivity index (χ1) is 8.40. The first-order valence-electron chi connectivity index (χ1n) is 5.67. The van der Waals surface area contributed by atoms with Crippen LogP contribution < -0.4 is 9.88 Å². The standard InChI is InChI=1S/C12H19NO4S/c1-10-4-3-5-12(11(10)2)17-7-6-16-8-9-18(13,14)15/h3-5H,6-9H2,1-2H3,(H2,13,14,15). The molecule has 18 heavy (non-hydrogen) atoms. The molecule has 0 aromatic heterocycles. The highest BCUT2D eigenvalue weighted by atomic mass is 32.2. The van der Waals surface area contributed by atoms with Crippen LogP contribution >= 0.6 is 0 Å². The molecule has 102 valence electrons. The Labute approximate surface area is 108 Å². The Balaban J connectivity index is 2.24. The number of nitrogens with two attached hydrogens (primary N) is 1. The number of primary sulfonamides is 1. The Kier molecular flexibility index (Phi) is 5.58. The summed E-state index contributed by atoms with van der Waals surface area (Å²) < 4.78 is 31.9. The molecule has 0 aliphatic rings. The smallest absolute Gasteiger partial charge is 0.211 e. The summed E-state index contributed by atoms with van der Waals surface area (Å²) in [5.74, 6) is 0.654. The topological polar surface area (TPSA) is 78.6 Å². The monoisotopic (exact) mass is 273 g/mol. The third-order valence-electron chi connectivity index (χ3n) is 2.55. The molecule has 0 radical (unpaired) electrons. The predicted molar refractivity (Wildman–Crippen MR) is 70.2 cm³/mol. The van der Waals surface area contributed by atoms with Crippen LogP contribution in [-0.4, -0.2) is 34.0 Å². The molecule has 0 atom stereocenters. The van der Waals surface area contributed by atoms with Gasteiger partial charge in [-0.3, -0.25) is 0 Å². The third kappa shape index (κ3) is 5.48. The molecule has 0 aliphatic carbocycles. The molecule has 0 aliphatic heterocycles. The van der Waals surface area contributed by atoms with Gasteiger partial charge in [0.15, 0.2) is 0 Å². The summed E-state index contributed by atoms with van der Waals surface area (Å²) in [5.41, 5.74) is 2.27. The number of aryl methyl sites for hydroxylation is 1. The number of hydrogen-bond acceptors (Lipinski definition) is 4. The zero-order valence-electron chi connectivity index (χ0n) is 10.7. The maximum absolute atomic E-state index is 10.6. The zero-order chi connectivity index (χ0) is 13.6. The summed E-state index contributed by atoms with van der Waals surface area (Å²) in [6, 6.07) is 5.84.